The Morgan fingerprint density at radius 3 is 2.69 bits per heavy atom. The summed E-state index contributed by atoms with van der Waals surface area (Å²) in [5.74, 6) is -0.0100. The van der Waals surface area contributed by atoms with E-state index in [2.05, 4.69) is 18.7 Å². The minimum absolute atomic E-state index is 0.0654. The molecule has 0 aromatic carbocycles. The van der Waals surface area contributed by atoms with Gasteiger partial charge in [-0.2, -0.15) is 0 Å². The van der Waals surface area contributed by atoms with E-state index in [1.165, 1.54) is 7.11 Å². The van der Waals surface area contributed by atoms with E-state index in [0.29, 0.717) is 0 Å². The summed E-state index contributed by atoms with van der Waals surface area (Å²) in [6.45, 7) is 6.96. The van der Waals surface area contributed by atoms with Gasteiger partial charge in [-0.1, -0.05) is 0 Å². The van der Waals surface area contributed by atoms with E-state index < -0.39 is 0 Å². The fourth-order valence-corrected chi connectivity index (χ4v) is 1.92. The Labute approximate surface area is 97.9 Å². The normalized spacial score (nSPS) is 22.4. The topological polar surface area (TPSA) is 38.8 Å². The number of hydrogen-bond donors (Lipinski definition) is 0. The molecule has 1 aliphatic heterocycles. The van der Waals surface area contributed by atoms with Crippen LogP contribution in [0.25, 0.3) is 0 Å². The number of rotatable bonds is 5. The molecule has 1 rings (SSSR count). The van der Waals surface area contributed by atoms with E-state index in [1.54, 1.807) is 7.11 Å². The molecule has 1 unspecified atom stereocenters. The van der Waals surface area contributed by atoms with Gasteiger partial charge in [-0.3, -0.25) is 4.79 Å². The molecule has 1 heterocycles. The monoisotopic (exact) mass is 229 g/mol. The maximum Gasteiger partial charge on any atom is 0.310 e. The van der Waals surface area contributed by atoms with E-state index in [9.17, 15) is 4.79 Å². The van der Waals surface area contributed by atoms with Crippen LogP contribution in [-0.2, 0) is 14.3 Å². The first-order chi connectivity index (χ1) is 7.48. The third kappa shape index (κ3) is 3.76. The smallest absolute Gasteiger partial charge is 0.310 e. The van der Waals surface area contributed by atoms with Crippen LogP contribution >= 0.6 is 0 Å². The van der Waals surface area contributed by atoms with Gasteiger partial charge in [0.25, 0.3) is 0 Å². The number of nitrogens with zero attached hydrogens (tertiary/aromatic N) is 1. The molecule has 1 fully saturated rings. The molecule has 0 bridgehead atoms. The van der Waals surface area contributed by atoms with Crippen LogP contribution in [0.15, 0.2) is 0 Å². The van der Waals surface area contributed by atoms with Crippen LogP contribution in [0.1, 0.15) is 26.7 Å². The van der Waals surface area contributed by atoms with Crippen LogP contribution in [0.3, 0.4) is 0 Å². The van der Waals surface area contributed by atoms with E-state index in [0.717, 1.165) is 32.5 Å². The van der Waals surface area contributed by atoms with Gasteiger partial charge in [0.2, 0.25) is 0 Å². The third-order valence-corrected chi connectivity index (χ3v) is 3.39. The fraction of sp³-hybridized carbons (Fsp3) is 0.917. The molecule has 0 radical (unpaired) electrons. The maximum absolute atomic E-state index is 11.3. The Bertz CT molecular complexity index is 240. The lowest BCUT2D eigenvalue weighted by Gasteiger charge is -2.26. The summed E-state index contributed by atoms with van der Waals surface area (Å²) in [5, 5.41) is 0. The van der Waals surface area contributed by atoms with Crippen molar-refractivity contribution in [3.63, 3.8) is 0 Å². The van der Waals surface area contributed by atoms with Crippen molar-refractivity contribution in [2.75, 3.05) is 33.9 Å². The minimum Gasteiger partial charge on any atom is -0.469 e. The van der Waals surface area contributed by atoms with Crippen molar-refractivity contribution in [3.8, 4) is 0 Å². The Morgan fingerprint density at radius 2 is 2.12 bits per heavy atom. The van der Waals surface area contributed by atoms with Crippen LogP contribution in [-0.4, -0.2) is 50.3 Å². The van der Waals surface area contributed by atoms with Gasteiger partial charge in [0, 0.05) is 20.2 Å². The van der Waals surface area contributed by atoms with Crippen molar-refractivity contribution < 1.29 is 14.3 Å². The average molecular weight is 229 g/mol. The predicted molar refractivity (Wildman–Crippen MR) is 62.3 cm³/mol. The van der Waals surface area contributed by atoms with E-state index in [1.807, 2.05) is 0 Å². The first-order valence-electron chi connectivity index (χ1n) is 5.84. The Kier molecular flexibility index (Phi) is 4.74. The number of hydrogen-bond acceptors (Lipinski definition) is 4. The lowest BCUT2D eigenvalue weighted by Crippen LogP contribution is -2.31. The number of ether oxygens (including phenoxy) is 2. The summed E-state index contributed by atoms with van der Waals surface area (Å²) in [6.07, 6.45) is 1.90. The molecule has 0 N–H and O–H groups in total. The summed E-state index contributed by atoms with van der Waals surface area (Å²) in [5.41, 5.74) is -0.0800. The molecule has 0 saturated carbocycles. The Hall–Kier alpha value is -0.610. The second-order valence-corrected chi connectivity index (χ2v) is 5.02. The molecule has 0 aromatic rings. The van der Waals surface area contributed by atoms with Gasteiger partial charge in [0.15, 0.2) is 0 Å². The summed E-state index contributed by atoms with van der Waals surface area (Å²) in [6, 6.07) is 0. The maximum atomic E-state index is 11.3. The predicted octanol–water partition coefficient (Wildman–Crippen LogP) is 1.30. The first-order valence-corrected chi connectivity index (χ1v) is 5.84. The molecule has 4 heteroatoms. The molecule has 0 aromatic heterocycles. The lowest BCUT2D eigenvalue weighted by molar-refractivity contribution is -0.144. The Morgan fingerprint density at radius 1 is 1.44 bits per heavy atom. The van der Waals surface area contributed by atoms with Gasteiger partial charge in [-0.25, -0.2) is 0 Å². The zero-order valence-corrected chi connectivity index (χ0v) is 10.8. The number of carbonyl (C=O) groups excluding carboxylic acids is 1. The van der Waals surface area contributed by atoms with Crippen LogP contribution in [0, 0.1) is 5.92 Å². The van der Waals surface area contributed by atoms with Crippen molar-refractivity contribution in [3.05, 3.63) is 0 Å². The quantitative estimate of drug-likeness (QED) is 0.666. The largest absolute Gasteiger partial charge is 0.469 e. The second kappa shape index (κ2) is 5.64. The zero-order chi connectivity index (χ0) is 12.2. The van der Waals surface area contributed by atoms with Gasteiger partial charge in [0.1, 0.15) is 0 Å². The molecule has 0 spiro atoms. The van der Waals surface area contributed by atoms with Crippen LogP contribution in [0.4, 0.5) is 0 Å². The highest BCUT2D eigenvalue weighted by molar-refractivity contribution is 5.72. The number of methoxy groups -OCH3 is 2. The van der Waals surface area contributed by atoms with Gasteiger partial charge < -0.3 is 14.4 Å². The van der Waals surface area contributed by atoms with Crippen LogP contribution < -0.4 is 0 Å². The lowest BCUT2D eigenvalue weighted by atomic mass is 10.1. The van der Waals surface area contributed by atoms with Gasteiger partial charge in [-0.05, 0) is 33.2 Å². The molecule has 94 valence electrons. The zero-order valence-electron chi connectivity index (χ0n) is 10.8. The molecule has 1 saturated heterocycles. The highest BCUT2D eigenvalue weighted by Gasteiger charge is 2.29. The third-order valence-electron chi connectivity index (χ3n) is 3.39. The highest BCUT2D eigenvalue weighted by atomic mass is 16.5. The molecular formula is C12H23NO3. The molecule has 0 aliphatic carbocycles. The number of carbonyl (C=O) groups is 1. The van der Waals surface area contributed by atoms with E-state index in [-0.39, 0.29) is 17.5 Å². The van der Waals surface area contributed by atoms with Gasteiger partial charge in [-0.15, -0.1) is 0 Å². The van der Waals surface area contributed by atoms with Gasteiger partial charge in [0.05, 0.1) is 18.6 Å². The molecule has 16 heavy (non-hydrogen) atoms. The van der Waals surface area contributed by atoms with Crippen molar-refractivity contribution in [2.24, 2.45) is 5.92 Å². The van der Waals surface area contributed by atoms with E-state index >= 15 is 0 Å². The van der Waals surface area contributed by atoms with Crippen molar-refractivity contribution in [2.45, 2.75) is 32.3 Å². The van der Waals surface area contributed by atoms with Crippen LogP contribution in [0.5, 0.6) is 0 Å². The molecule has 0 amide bonds. The van der Waals surface area contributed by atoms with Crippen molar-refractivity contribution in [1.29, 1.82) is 0 Å². The summed E-state index contributed by atoms with van der Waals surface area (Å²) >= 11 is 0. The number of likely N-dealkylation sites (tertiary alicyclic amines) is 1. The van der Waals surface area contributed by atoms with Crippen LogP contribution in [0.2, 0.25) is 0 Å². The first kappa shape index (κ1) is 13.5. The summed E-state index contributed by atoms with van der Waals surface area (Å²) in [7, 11) is 3.19. The SMILES string of the molecule is COC(=O)C1CCN(CCC(C)(C)OC)C1. The van der Waals surface area contributed by atoms with Gasteiger partial charge >= 0.3 is 5.97 Å². The average Bonchev–Trinajstić information content (AvgIpc) is 2.74. The minimum atomic E-state index is -0.0800. The molecule has 1 aliphatic rings. The summed E-state index contributed by atoms with van der Waals surface area (Å²) < 4.78 is 10.1. The highest BCUT2D eigenvalue weighted by Crippen LogP contribution is 2.20. The second-order valence-electron chi connectivity index (χ2n) is 5.02. The molecular weight excluding hydrogens is 206 g/mol. The number of esters is 1. The standard InChI is InChI=1S/C12H23NO3/c1-12(2,16-4)6-8-13-7-5-10(9-13)11(14)15-3/h10H,5-9H2,1-4H3. The molecule has 1 atom stereocenters. The van der Waals surface area contributed by atoms with Crippen molar-refractivity contribution in [1.82, 2.24) is 4.90 Å². The Balaban J connectivity index is 2.29. The summed E-state index contributed by atoms with van der Waals surface area (Å²) in [4.78, 5) is 13.7. The van der Waals surface area contributed by atoms with E-state index in [4.69, 9.17) is 9.47 Å². The molecule has 4 nitrogen and oxygen atoms in total. The fourth-order valence-electron chi connectivity index (χ4n) is 1.92. The van der Waals surface area contributed by atoms with Crippen molar-refractivity contribution >= 4 is 5.97 Å².